The van der Waals surface area contributed by atoms with E-state index in [0.29, 0.717) is 13.2 Å². The predicted molar refractivity (Wildman–Crippen MR) is 87.1 cm³/mol. The molecule has 0 heterocycles. The van der Waals surface area contributed by atoms with Crippen LogP contribution in [-0.2, 0) is 13.0 Å². The van der Waals surface area contributed by atoms with Crippen LogP contribution in [0.25, 0.3) is 0 Å². The van der Waals surface area contributed by atoms with Crippen LogP contribution in [0.5, 0.6) is 5.75 Å². The highest BCUT2D eigenvalue weighted by Crippen LogP contribution is 2.27. The summed E-state index contributed by atoms with van der Waals surface area (Å²) in [5.41, 5.74) is 10.4. The van der Waals surface area contributed by atoms with Crippen molar-refractivity contribution in [3.63, 3.8) is 0 Å². The van der Waals surface area contributed by atoms with Crippen molar-refractivity contribution >= 4 is 15.9 Å². The Labute approximate surface area is 129 Å². The fourth-order valence-corrected chi connectivity index (χ4v) is 2.74. The summed E-state index contributed by atoms with van der Waals surface area (Å²) in [6, 6.07) is 12.4. The van der Waals surface area contributed by atoms with Crippen molar-refractivity contribution in [2.24, 2.45) is 5.73 Å². The lowest BCUT2D eigenvalue weighted by molar-refractivity contribution is 0.301. The van der Waals surface area contributed by atoms with Gasteiger partial charge in [-0.3, -0.25) is 0 Å². The van der Waals surface area contributed by atoms with E-state index in [1.165, 1.54) is 16.7 Å². The standard InChI is InChI=1S/C17H20BrNO/c1-12-9-14(7-8-19)10-13(2)17(12)20-11-15-5-3-4-6-16(15)18/h3-6,9-10H,7-8,11,19H2,1-2H3. The molecule has 0 spiro atoms. The van der Waals surface area contributed by atoms with Crippen molar-refractivity contribution in [1.29, 1.82) is 0 Å². The summed E-state index contributed by atoms with van der Waals surface area (Å²) in [7, 11) is 0. The molecule has 0 aliphatic rings. The molecule has 2 nitrogen and oxygen atoms in total. The highest BCUT2D eigenvalue weighted by molar-refractivity contribution is 9.10. The minimum absolute atomic E-state index is 0.569. The van der Waals surface area contributed by atoms with Gasteiger partial charge in [-0.1, -0.05) is 46.3 Å². The van der Waals surface area contributed by atoms with E-state index in [0.717, 1.165) is 22.2 Å². The average Bonchev–Trinajstić information content (AvgIpc) is 2.40. The van der Waals surface area contributed by atoms with E-state index in [9.17, 15) is 0 Å². The lowest BCUT2D eigenvalue weighted by Crippen LogP contribution is -2.05. The normalized spacial score (nSPS) is 10.6. The fraction of sp³-hybridized carbons (Fsp3) is 0.294. The first-order valence-electron chi connectivity index (χ1n) is 6.78. The van der Waals surface area contributed by atoms with E-state index in [-0.39, 0.29) is 0 Å². The van der Waals surface area contributed by atoms with E-state index >= 15 is 0 Å². The molecule has 20 heavy (non-hydrogen) atoms. The molecule has 0 saturated heterocycles. The number of hydrogen-bond acceptors (Lipinski definition) is 2. The summed E-state index contributed by atoms with van der Waals surface area (Å²) in [6.45, 7) is 5.42. The number of hydrogen-bond donors (Lipinski definition) is 1. The SMILES string of the molecule is Cc1cc(CCN)cc(C)c1OCc1ccccc1Br. The first kappa shape index (κ1) is 15.1. The number of benzene rings is 2. The van der Waals surface area contributed by atoms with Crippen LogP contribution in [0.3, 0.4) is 0 Å². The third kappa shape index (κ3) is 3.62. The third-order valence-electron chi connectivity index (χ3n) is 3.28. The van der Waals surface area contributed by atoms with Crippen LogP contribution in [0.4, 0.5) is 0 Å². The summed E-state index contributed by atoms with van der Waals surface area (Å²) < 4.78 is 7.09. The van der Waals surface area contributed by atoms with Gasteiger partial charge in [-0.05, 0) is 49.6 Å². The van der Waals surface area contributed by atoms with E-state index in [2.05, 4.69) is 48.0 Å². The highest BCUT2D eigenvalue weighted by atomic mass is 79.9. The van der Waals surface area contributed by atoms with Gasteiger partial charge in [0.05, 0.1) is 0 Å². The molecule has 0 aromatic heterocycles. The van der Waals surface area contributed by atoms with Crippen molar-refractivity contribution in [3.05, 3.63) is 63.1 Å². The monoisotopic (exact) mass is 333 g/mol. The van der Waals surface area contributed by atoms with Gasteiger partial charge in [0.15, 0.2) is 0 Å². The lowest BCUT2D eigenvalue weighted by atomic mass is 10.0. The van der Waals surface area contributed by atoms with Gasteiger partial charge in [0.25, 0.3) is 0 Å². The Morgan fingerprint density at radius 1 is 1.10 bits per heavy atom. The molecule has 0 amide bonds. The van der Waals surface area contributed by atoms with Gasteiger partial charge >= 0.3 is 0 Å². The number of nitrogens with two attached hydrogens (primary N) is 1. The Hall–Kier alpha value is -1.32. The maximum absolute atomic E-state index is 6.01. The topological polar surface area (TPSA) is 35.2 Å². The molecule has 106 valence electrons. The van der Waals surface area contributed by atoms with Gasteiger partial charge in [-0.2, -0.15) is 0 Å². The largest absolute Gasteiger partial charge is 0.488 e. The number of rotatable bonds is 5. The molecule has 0 aliphatic carbocycles. The maximum Gasteiger partial charge on any atom is 0.125 e. The van der Waals surface area contributed by atoms with E-state index in [1.807, 2.05) is 18.2 Å². The first-order chi connectivity index (χ1) is 9.61. The second-order valence-electron chi connectivity index (χ2n) is 4.98. The summed E-state index contributed by atoms with van der Waals surface area (Å²) in [5.74, 6) is 0.974. The molecule has 2 aromatic rings. The van der Waals surface area contributed by atoms with Crippen molar-refractivity contribution in [3.8, 4) is 5.75 Å². The highest BCUT2D eigenvalue weighted by Gasteiger charge is 2.07. The van der Waals surface area contributed by atoms with Gasteiger partial charge in [0.2, 0.25) is 0 Å². The Kier molecular flexibility index (Phi) is 5.21. The maximum atomic E-state index is 6.01. The molecule has 2 aromatic carbocycles. The Balaban J connectivity index is 2.16. The van der Waals surface area contributed by atoms with Gasteiger partial charge in [0, 0.05) is 10.0 Å². The summed E-state index contributed by atoms with van der Waals surface area (Å²) in [6.07, 6.45) is 0.909. The lowest BCUT2D eigenvalue weighted by Gasteiger charge is -2.14. The molecular formula is C17H20BrNO. The summed E-state index contributed by atoms with van der Waals surface area (Å²) in [5, 5.41) is 0. The minimum Gasteiger partial charge on any atom is -0.488 e. The van der Waals surface area contributed by atoms with Crippen molar-refractivity contribution in [1.82, 2.24) is 0 Å². The molecule has 0 atom stereocenters. The van der Waals surface area contributed by atoms with Gasteiger partial charge in [-0.25, -0.2) is 0 Å². The summed E-state index contributed by atoms with van der Waals surface area (Å²) in [4.78, 5) is 0. The smallest absolute Gasteiger partial charge is 0.125 e. The molecule has 3 heteroatoms. The van der Waals surface area contributed by atoms with E-state index in [1.54, 1.807) is 0 Å². The van der Waals surface area contributed by atoms with Crippen LogP contribution < -0.4 is 10.5 Å². The Morgan fingerprint density at radius 3 is 2.35 bits per heavy atom. The van der Waals surface area contributed by atoms with Crippen molar-refractivity contribution in [2.75, 3.05) is 6.54 Å². The molecule has 0 unspecified atom stereocenters. The molecule has 0 saturated carbocycles. The average molecular weight is 334 g/mol. The van der Waals surface area contributed by atoms with Crippen molar-refractivity contribution in [2.45, 2.75) is 26.9 Å². The van der Waals surface area contributed by atoms with Crippen LogP contribution in [0.2, 0.25) is 0 Å². The predicted octanol–water partition coefficient (Wildman–Crippen LogP) is 4.15. The molecule has 0 aliphatic heterocycles. The zero-order chi connectivity index (χ0) is 14.5. The number of halogens is 1. The molecular weight excluding hydrogens is 314 g/mol. The molecule has 2 rings (SSSR count). The third-order valence-corrected chi connectivity index (χ3v) is 4.06. The fourth-order valence-electron chi connectivity index (χ4n) is 2.34. The molecule has 0 bridgehead atoms. The minimum atomic E-state index is 0.569. The van der Waals surface area contributed by atoms with Crippen LogP contribution in [-0.4, -0.2) is 6.54 Å². The molecule has 0 fully saturated rings. The van der Waals surface area contributed by atoms with Crippen molar-refractivity contribution < 1.29 is 4.74 Å². The van der Waals surface area contributed by atoms with Gasteiger partial charge < -0.3 is 10.5 Å². The van der Waals surface area contributed by atoms with E-state index in [4.69, 9.17) is 10.5 Å². The quantitative estimate of drug-likeness (QED) is 0.892. The second kappa shape index (κ2) is 6.91. The van der Waals surface area contributed by atoms with Crippen LogP contribution in [0.1, 0.15) is 22.3 Å². The van der Waals surface area contributed by atoms with Gasteiger partial charge in [-0.15, -0.1) is 0 Å². The molecule has 0 radical (unpaired) electrons. The Bertz CT molecular complexity index is 572. The zero-order valence-corrected chi connectivity index (χ0v) is 13.5. The second-order valence-corrected chi connectivity index (χ2v) is 5.83. The first-order valence-corrected chi connectivity index (χ1v) is 7.57. The molecule has 2 N–H and O–H groups in total. The number of aryl methyl sites for hydroxylation is 2. The van der Waals surface area contributed by atoms with Crippen LogP contribution >= 0.6 is 15.9 Å². The van der Waals surface area contributed by atoms with E-state index < -0.39 is 0 Å². The van der Waals surface area contributed by atoms with Crippen LogP contribution in [0, 0.1) is 13.8 Å². The number of ether oxygens (including phenoxy) is 1. The summed E-state index contributed by atoms with van der Waals surface area (Å²) >= 11 is 3.55. The van der Waals surface area contributed by atoms with Crippen LogP contribution in [0.15, 0.2) is 40.9 Å². The van der Waals surface area contributed by atoms with Gasteiger partial charge in [0.1, 0.15) is 12.4 Å². The zero-order valence-electron chi connectivity index (χ0n) is 11.9. The Morgan fingerprint density at radius 2 is 1.75 bits per heavy atom.